The van der Waals surface area contributed by atoms with Gasteiger partial charge in [0, 0.05) is 12.4 Å². The van der Waals surface area contributed by atoms with Crippen LogP contribution >= 0.6 is 0 Å². The Labute approximate surface area is 120 Å². The summed E-state index contributed by atoms with van der Waals surface area (Å²) < 4.78 is 9.16. The molecule has 0 aromatic carbocycles. The van der Waals surface area contributed by atoms with Crippen molar-refractivity contribution < 1.29 is 28.7 Å². The molecule has 8 heteroatoms. The van der Waals surface area contributed by atoms with Gasteiger partial charge in [-0.1, -0.05) is 0 Å². The number of aromatic nitrogens is 2. The topological polar surface area (TPSA) is 113 Å². The molecule has 1 aromatic heterocycles. The highest BCUT2D eigenvalue weighted by Gasteiger charge is 2.41. The summed E-state index contributed by atoms with van der Waals surface area (Å²) >= 11 is 0. The Hall–Kier alpha value is -2.64. The Balaban J connectivity index is 3.08. The molecule has 0 bridgehead atoms. The predicted molar refractivity (Wildman–Crippen MR) is 68.1 cm³/mol. The van der Waals surface area contributed by atoms with E-state index in [1.807, 2.05) is 0 Å². The molecular weight excluding hydrogens is 280 g/mol. The molecule has 21 heavy (non-hydrogen) atoms. The predicted octanol–water partition coefficient (Wildman–Crippen LogP) is -0.0292. The lowest BCUT2D eigenvalue weighted by atomic mass is 9.98. The Kier molecular flexibility index (Phi) is 6.12. The molecule has 0 fully saturated rings. The summed E-state index contributed by atoms with van der Waals surface area (Å²) in [5.41, 5.74) is 0. The van der Waals surface area contributed by atoms with E-state index >= 15 is 0 Å². The van der Waals surface area contributed by atoms with E-state index in [2.05, 4.69) is 19.4 Å². The standard InChI is InChI=1S/C13H14N2O6/c1-3-20-12(18)8(10(17)13(19)21-4-2)9(16)11-14-6-5-7-15-11/h5-8H,3-4H2,1-2H3. The van der Waals surface area contributed by atoms with Gasteiger partial charge >= 0.3 is 11.9 Å². The average molecular weight is 294 g/mol. The summed E-state index contributed by atoms with van der Waals surface area (Å²) in [4.78, 5) is 54.6. The summed E-state index contributed by atoms with van der Waals surface area (Å²) in [6, 6.07) is 1.46. The van der Waals surface area contributed by atoms with E-state index in [-0.39, 0.29) is 19.0 Å². The number of carbonyl (C=O) groups is 4. The van der Waals surface area contributed by atoms with Crippen LogP contribution in [0.15, 0.2) is 18.5 Å². The zero-order chi connectivity index (χ0) is 15.8. The third-order valence-corrected chi connectivity index (χ3v) is 2.31. The monoisotopic (exact) mass is 294 g/mol. The van der Waals surface area contributed by atoms with Crippen LogP contribution in [0, 0.1) is 5.92 Å². The van der Waals surface area contributed by atoms with Crippen molar-refractivity contribution in [2.24, 2.45) is 5.92 Å². The molecule has 1 rings (SSSR count). The van der Waals surface area contributed by atoms with E-state index in [9.17, 15) is 19.2 Å². The molecule has 0 spiro atoms. The van der Waals surface area contributed by atoms with Crippen molar-refractivity contribution in [1.82, 2.24) is 9.97 Å². The van der Waals surface area contributed by atoms with Crippen LogP contribution in [0.25, 0.3) is 0 Å². The van der Waals surface area contributed by atoms with Gasteiger partial charge in [0.1, 0.15) is 0 Å². The van der Waals surface area contributed by atoms with Gasteiger partial charge in [0.15, 0.2) is 11.7 Å². The van der Waals surface area contributed by atoms with Crippen LogP contribution in [-0.2, 0) is 23.9 Å². The van der Waals surface area contributed by atoms with E-state index in [0.717, 1.165) is 0 Å². The van der Waals surface area contributed by atoms with Gasteiger partial charge in [0.05, 0.1) is 13.2 Å². The van der Waals surface area contributed by atoms with Gasteiger partial charge in [-0.3, -0.25) is 14.4 Å². The summed E-state index contributed by atoms with van der Waals surface area (Å²) in [6.07, 6.45) is 2.55. The summed E-state index contributed by atoms with van der Waals surface area (Å²) in [6.45, 7) is 2.89. The fraction of sp³-hybridized carbons (Fsp3) is 0.385. The lowest BCUT2D eigenvalue weighted by molar-refractivity contribution is -0.160. The molecule has 1 aromatic rings. The molecule has 0 saturated carbocycles. The number of hydrogen-bond acceptors (Lipinski definition) is 8. The van der Waals surface area contributed by atoms with Crippen molar-refractivity contribution in [3.05, 3.63) is 24.3 Å². The van der Waals surface area contributed by atoms with Crippen molar-refractivity contribution in [3.63, 3.8) is 0 Å². The highest BCUT2D eigenvalue weighted by Crippen LogP contribution is 2.10. The van der Waals surface area contributed by atoms with E-state index < -0.39 is 29.4 Å². The van der Waals surface area contributed by atoms with Crippen LogP contribution < -0.4 is 0 Å². The molecule has 0 aliphatic heterocycles. The maximum atomic E-state index is 12.2. The molecule has 112 valence electrons. The van der Waals surface area contributed by atoms with Gasteiger partial charge in [0.2, 0.25) is 5.78 Å². The van der Waals surface area contributed by atoms with E-state index in [4.69, 9.17) is 0 Å². The lowest BCUT2D eigenvalue weighted by Gasteiger charge is -2.11. The Bertz CT molecular complexity index is 543. The minimum Gasteiger partial charge on any atom is -0.465 e. The normalized spacial score (nSPS) is 11.3. The van der Waals surface area contributed by atoms with Gasteiger partial charge in [-0.2, -0.15) is 0 Å². The summed E-state index contributed by atoms with van der Waals surface area (Å²) in [5, 5.41) is 0. The molecular formula is C13H14N2O6. The smallest absolute Gasteiger partial charge is 0.376 e. The first-order chi connectivity index (χ1) is 10.0. The first-order valence-corrected chi connectivity index (χ1v) is 6.21. The molecule has 0 saturated heterocycles. The Morgan fingerprint density at radius 1 is 1.05 bits per heavy atom. The van der Waals surface area contributed by atoms with E-state index in [1.165, 1.54) is 32.3 Å². The number of carbonyl (C=O) groups excluding carboxylic acids is 4. The second-order valence-corrected chi connectivity index (χ2v) is 3.71. The van der Waals surface area contributed by atoms with Gasteiger partial charge in [-0.05, 0) is 19.9 Å². The van der Waals surface area contributed by atoms with Crippen LogP contribution in [-0.4, -0.2) is 46.7 Å². The van der Waals surface area contributed by atoms with Crippen LogP contribution in [0.4, 0.5) is 0 Å². The Morgan fingerprint density at radius 2 is 1.62 bits per heavy atom. The molecule has 0 aliphatic carbocycles. The number of ether oxygens (including phenoxy) is 2. The molecule has 0 aliphatic rings. The van der Waals surface area contributed by atoms with Crippen LogP contribution in [0.5, 0.6) is 0 Å². The number of esters is 2. The molecule has 1 unspecified atom stereocenters. The average Bonchev–Trinajstić information content (AvgIpc) is 2.48. The largest absolute Gasteiger partial charge is 0.465 e. The quantitative estimate of drug-likeness (QED) is 0.298. The number of rotatable bonds is 7. The molecule has 8 nitrogen and oxygen atoms in total. The van der Waals surface area contributed by atoms with Gasteiger partial charge < -0.3 is 9.47 Å². The Morgan fingerprint density at radius 3 is 2.14 bits per heavy atom. The van der Waals surface area contributed by atoms with Crippen molar-refractivity contribution >= 4 is 23.5 Å². The molecule has 0 radical (unpaired) electrons. The SMILES string of the molecule is CCOC(=O)C(=O)C(C(=O)OCC)C(=O)c1ncccn1. The van der Waals surface area contributed by atoms with Crippen molar-refractivity contribution in [1.29, 1.82) is 0 Å². The summed E-state index contributed by atoms with van der Waals surface area (Å²) in [7, 11) is 0. The molecule has 0 N–H and O–H groups in total. The number of nitrogens with zero attached hydrogens (tertiary/aromatic N) is 2. The highest BCUT2D eigenvalue weighted by molar-refractivity contribution is 6.44. The third kappa shape index (κ3) is 4.16. The number of Topliss-reactive ketones (excluding diaryl/α,β-unsaturated/α-hetero) is 2. The fourth-order valence-electron chi connectivity index (χ4n) is 1.43. The first kappa shape index (κ1) is 16.4. The maximum Gasteiger partial charge on any atom is 0.376 e. The van der Waals surface area contributed by atoms with Crippen LogP contribution in [0.2, 0.25) is 0 Å². The number of ketones is 2. The third-order valence-electron chi connectivity index (χ3n) is 2.31. The lowest BCUT2D eigenvalue weighted by Crippen LogP contribution is -2.39. The minimum atomic E-state index is -1.95. The number of hydrogen-bond donors (Lipinski definition) is 0. The van der Waals surface area contributed by atoms with Crippen LogP contribution in [0.1, 0.15) is 24.5 Å². The van der Waals surface area contributed by atoms with Crippen LogP contribution in [0.3, 0.4) is 0 Å². The second-order valence-electron chi connectivity index (χ2n) is 3.71. The van der Waals surface area contributed by atoms with Crippen molar-refractivity contribution in [3.8, 4) is 0 Å². The van der Waals surface area contributed by atoms with Gasteiger partial charge in [-0.25, -0.2) is 14.8 Å². The molecule has 1 heterocycles. The summed E-state index contributed by atoms with van der Waals surface area (Å²) in [5.74, 6) is -7.02. The zero-order valence-electron chi connectivity index (χ0n) is 11.6. The molecule has 1 atom stereocenters. The first-order valence-electron chi connectivity index (χ1n) is 6.21. The van der Waals surface area contributed by atoms with E-state index in [1.54, 1.807) is 0 Å². The highest BCUT2D eigenvalue weighted by atomic mass is 16.5. The minimum absolute atomic E-state index is 0.0473. The fourth-order valence-corrected chi connectivity index (χ4v) is 1.43. The van der Waals surface area contributed by atoms with Gasteiger partial charge in [-0.15, -0.1) is 0 Å². The van der Waals surface area contributed by atoms with Crippen molar-refractivity contribution in [2.75, 3.05) is 13.2 Å². The second kappa shape index (κ2) is 7.83. The maximum absolute atomic E-state index is 12.2. The zero-order valence-corrected chi connectivity index (χ0v) is 11.6. The van der Waals surface area contributed by atoms with Crippen molar-refractivity contribution in [2.45, 2.75) is 13.8 Å². The van der Waals surface area contributed by atoms with Gasteiger partial charge in [0.25, 0.3) is 5.78 Å². The molecule has 0 amide bonds. The van der Waals surface area contributed by atoms with E-state index in [0.29, 0.717) is 0 Å².